The van der Waals surface area contributed by atoms with Crippen LogP contribution in [0.3, 0.4) is 0 Å². The van der Waals surface area contributed by atoms with E-state index in [0.717, 1.165) is 29.9 Å². The molecule has 1 atom stereocenters. The van der Waals surface area contributed by atoms with Crippen molar-refractivity contribution in [3.63, 3.8) is 0 Å². The molecule has 0 aliphatic rings. The lowest BCUT2D eigenvalue weighted by atomic mass is 10.1. The number of halogens is 1. The third kappa shape index (κ3) is 3.56. The predicted molar refractivity (Wildman–Crippen MR) is 71.7 cm³/mol. The van der Waals surface area contributed by atoms with Gasteiger partial charge in [-0.3, -0.25) is 0 Å². The zero-order chi connectivity index (χ0) is 13.0. The van der Waals surface area contributed by atoms with Crippen LogP contribution in [-0.4, -0.2) is 13.1 Å². The molecule has 0 amide bonds. The Bertz CT molecular complexity index is 399. The van der Waals surface area contributed by atoms with Crippen LogP contribution in [0.4, 0.5) is 10.1 Å². The fourth-order valence-corrected chi connectivity index (χ4v) is 1.87. The molecule has 0 spiro atoms. The Morgan fingerprint density at radius 3 is 2.65 bits per heavy atom. The number of likely N-dealkylation sites (N-methyl/N-ethyl adjacent to an activating group) is 1. The SMILES string of the molecule is C=C(C)CN(CC)c1ccc(F)cc1[C@@H](C)N. The Hall–Kier alpha value is -1.35. The summed E-state index contributed by atoms with van der Waals surface area (Å²) in [6.07, 6.45) is 0. The molecule has 0 heterocycles. The number of benzene rings is 1. The number of hydrogen-bond acceptors (Lipinski definition) is 2. The summed E-state index contributed by atoms with van der Waals surface area (Å²) in [4.78, 5) is 2.15. The monoisotopic (exact) mass is 236 g/mol. The third-order valence-electron chi connectivity index (χ3n) is 2.66. The van der Waals surface area contributed by atoms with Crippen LogP contribution >= 0.6 is 0 Å². The molecule has 0 saturated carbocycles. The standard InChI is InChI=1S/C14H21FN2/c1-5-17(9-10(2)3)14-7-6-12(15)8-13(14)11(4)16/h6-8,11H,2,5,9,16H2,1,3-4H3/t11-/m1/s1. The van der Waals surface area contributed by atoms with Gasteiger partial charge in [-0.05, 0) is 44.5 Å². The minimum absolute atomic E-state index is 0.181. The Balaban J connectivity index is 3.13. The first-order chi connectivity index (χ1) is 7.95. The Kier molecular flexibility index (Phi) is 4.70. The molecule has 3 heteroatoms. The summed E-state index contributed by atoms with van der Waals surface area (Å²) in [7, 11) is 0. The van der Waals surface area contributed by atoms with Crippen molar-refractivity contribution in [3.05, 3.63) is 41.7 Å². The van der Waals surface area contributed by atoms with Gasteiger partial charge in [-0.25, -0.2) is 4.39 Å². The highest BCUT2D eigenvalue weighted by molar-refractivity contribution is 5.55. The fourth-order valence-electron chi connectivity index (χ4n) is 1.87. The first-order valence-electron chi connectivity index (χ1n) is 5.90. The summed E-state index contributed by atoms with van der Waals surface area (Å²) in [5.41, 5.74) is 8.80. The smallest absolute Gasteiger partial charge is 0.123 e. The van der Waals surface area contributed by atoms with Gasteiger partial charge < -0.3 is 10.6 Å². The van der Waals surface area contributed by atoms with E-state index < -0.39 is 0 Å². The molecular weight excluding hydrogens is 215 g/mol. The molecule has 1 rings (SSSR count). The van der Waals surface area contributed by atoms with E-state index in [1.807, 2.05) is 13.8 Å². The van der Waals surface area contributed by atoms with E-state index in [1.54, 1.807) is 6.07 Å². The van der Waals surface area contributed by atoms with Crippen molar-refractivity contribution < 1.29 is 4.39 Å². The van der Waals surface area contributed by atoms with Gasteiger partial charge in [0.25, 0.3) is 0 Å². The normalized spacial score (nSPS) is 12.3. The van der Waals surface area contributed by atoms with Gasteiger partial charge in [0.1, 0.15) is 5.82 Å². The fraction of sp³-hybridized carbons (Fsp3) is 0.429. The summed E-state index contributed by atoms with van der Waals surface area (Å²) in [6.45, 7) is 11.4. The maximum absolute atomic E-state index is 13.2. The van der Waals surface area contributed by atoms with Crippen molar-refractivity contribution in [2.24, 2.45) is 5.73 Å². The maximum Gasteiger partial charge on any atom is 0.123 e. The van der Waals surface area contributed by atoms with Crippen molar-refractivity contribution in [1.29, 1.82) is 0 Å². The lowest BCUT2D eigenvalue weighted by Gasteiger charge is -2.27. The van der Waals surface area contributed by atoms with Gasteiger partial charge in [-0.15, -0.1) is 0 Å². The topological polar surface area (TPSA) is 29.3 Å². The van der Waals surface area contributed by atoms with Crippen LogP contribution < -0.4 is 10.6 Å². The second kappa shape index (κ2) is 5.82. The molecule has 0 aromatic heterocycles. The molecule has 0 fully saturated rings. The molecule has 0 aliphatic carbocycles. The van der Waals surface area contributed by atoms with Gasteiger partial charge in [0, 0.05) is 24.8 Å². The summed E-state index contributed by atoms with van der Waals surface area (Å²) in [5, 5.41) is 0. The largest absolute Gasteiger partial charge is 0.368 e. The van der Waals surface area contributed by atoms with Crippen LogP contribution in [0.25, 0.3) is 0 Å². The average Bonchev–Trinajstić information content (AvgIpc) is 2.25. The molecule has 1 aromatic carbocycles. The van der Waals surface area contributed by atoms with Gasteiger partial charge in [0.2, 0.25) is 0 Å². The Morgan fingerprint density at radius 1 is 1.53 bits per heavy atom. The van der Waals surface area contributed by atoms with E-state index in [1.165, 1.54) is 12.1 Å². The van der Waals surface area contributed by atoms with Gasteiger partial charge in [0.15, 0.2) is 0 Å². The maximum atomic E-state index is 13.2. The number of nitrogens with two attached hydrogens (primary N) is 1. The van der Waals surface area contributed by atoms with Gasteiger partial charge in [0.05, 0.1) is 0 Å². The number of hydrogen-bond donors (Lipinski definition) is 1. The van der Waals surface area contributed by atoms with E-state index in [-0.39, 0.29) is 11.9 Å². The van der Waals surface area contributed by atoms with E-state index in [0.29, 0.717) is 0 Å². The van der Waals surface area contributed by atoms with Crippen LogP contribution in [0, 0.1) is 5.82 Å². The summed E-state index contributed by atoms with van der Waals surface area (Å²) < 4.78 is 13.2. The van der Waals surface area contributed by atoms with Crippen molar-refractivity contribution in [1.82, 2.24) is 0 Å². The molecule has 0 radical (unpaired) electrons. The molecular formula is C14H21FN2. The summed E-state index contributed by atoms with van der Waals surface area (Å²) in [5.74, 6) is -0.243. The average molecular weight is 236 g/mol. The Labute approximate surface area is 103 Å². The molecule has 0 saturated heterocycles. The van der Waals surface area contributed by atoms with Crippen molar-refractivity contribution in [3.8, 4) is 0 Å². The number of nitrogens with zero attached hydrogens (tertiary/aromatic N) is 1. The second-order valence-electron chi connectivity index (χ2n) is 4.46. The van der Waals surface area contributed by atoms with Gasteiger partial charge in [-0.1, -0.05) is 12.2 Å². The van der Waals surface area contributed by atoms with Gasteiger partial charge in [-0.2, -0.15) is 0 Å². The predicted octanol–water partition coefficient (Wildman–Crippen LogP) is 3.25. The second-order valence-corrected chi connectivity index (χ2v) is 4.46. The molecule has 0 unspecified atom stereocenters. The zero-order valence-electron chi connectivity index (χ0n) is 10.8. The highest BCUT2D eigenvalue weighted by atomic mass is 19.1. The first kappa shape index (κ1) is 13.7. The van der Waals surface area contributed by atoms with Crippen LogP contribution in [-0.2, 0) is 0 Å². The molecule has 17 heavy (non-hydrogen) atoms. The van der Waals surface area contributed by atoms with Crippen LogP contribution in [0.15, 0.2) is 30.4 Å². The van der Waals surface area contributed by atoms with Crippen LogP contribution in [0.2, 0.25) is 0 Å². The van der Waals surface area contributed by atoms with E-state index in [9.17, 15) is 4.39 Å². The molecule has 0 bridgehead atoms. The van der Waals surface area contributed by atoms with E-state index in [4.69, 9.17) is 5.73 Å². The minimum atomic E-state index is -0.243. The number of rotatable bonds is 5. The van der Waals surface area contributed by atoms with Crippen molar-refractivity contribution >= 4 is 5.69 Å². The molecule has 94 valence electrons. The zero-order valence-corrected chi connectivity index (χ0v) is 10.8. The van der Waals surface area contributed by atoms with Crippen LogP contribution in [0.5, 0.6) is 0 Å². The minimum Gasteiger partial charge on any atom is -0.368 e. The van der Waals surface area contributed by atoms with Crippen LogP contribution in [0.1, 0.15) is 32.4 Å². The van der Waals surface area contributed by atoms with E-state index in [2.05, 4.69) is 18.4 Å². The lowest BCUT2D eigenvalue weighted by molar-refractivity contribution is 0.621. The molecule has 2 N–H and O–H groups in total. The molecule has 1 aromatic rings. The highest BCUT2D eigenvalue weighted by Gasteiger charge is 2.13. The van der Waals surface area contributed by atoms with E-state index >= 15 is 0 Å². The summed E-state index contributed by atoms with van der Waals surface area (Å²) >= 11 is 0. The highest BCUT2D eigenvalue weighted by Crippen LogP contribution is 2.26. The Morgan fingerprint density at radius 2 is 2.18 bits per heavy atom. The third-order valence-corrected chi connectivity index (χ3v) is 2.66. The molecule has 0 aliphatic heterocycles. The number of anilines is 1. The van der Waals surface area contributed by atoms with Gasteiger partial charge >= 0.3 is 0 Å². The first-order valence-corrected chi connectivity index (χ1v) is 5.90. The quantitative estimate of drug-likeness (QED) is 0.795. The van der Waals surface area contributed by atoms with Crippen molar-refractivity contribution in [2.75, 3.05) is 18.0 Å². The lowest BCUT2D eigenvalue weighted by Crippen LogP contribution is -2.26. The summed E-state index contributed by atoms with van der Waals surface area (Å²) in [6, 6.07) is 4.60. The molecule has 2 nitrogen and oxygen atoms in total. The van der Waals surface area contributed by atoms with Crippen molar-refractivity contribution in [2.45, 2.75) is 26.8 Å².